The third kappa shape index (κ3) is 4.01. The number of nitrogens with one attached hydrogen (secondary N) is 1. The molecule has 0 saturated heterocycles. The molecule has 0 bridgehead atoms. The largest absolute Gasteiger partial charge is 0.444 e. The molecular formula is C11H20N2O2. The van der Waals surface area contributed by atoms with E-state index in [0.717, 1.165) is 31.1 Å². The van der Waals surface area contributed by atoms with E-state index < -0.39 is 0 Å². The number of aromatic nitrogens is 1. The van der Waals surface area contributed by atoms with Crippen molar-refractivity contribution in [3.8, 4) is 0 Å². The SMILES string of the molecule is CCc1cnc(CNC(CC)COC)o1. The minimum absolute atomic E-state index is 0.368. The fourth-order valence-corrected chi connectivity index (χ4v) is 1.35. The number of rotatable bonds is 7. The van der Waals surface area contributed by atoms with Crippen molar-refractivity contribution in [2.45, 2.75) is 39.3 Å². The molecule has 0 aromatic carbocycles. The van der Waals surface area contributed by atoms with Crippen LogP contribution >= 0.6 is 0 Å². The standard InChI is InChI=1S/C11H20N2O2/c1-4-9(8-14-3)12-7-11-13-6-10(5-2)15-11/h6,9,12H,4-5,7-8H2,1-3H3. The van der Waals surface area contributed by atoms with Crippen molar-refractivity contribution in [1.29, 1.82) is 0 Å². The highest BCUT2D eigenvalue weighted by atomic mass is 16.5. The predicted molar refractivity (Wildman–Crippen MR) is 58.7 cm³/mol. The lowest BCUT2D eigenvalue weighted by Gasteiger charge is -2.14. The second kappa shape index (κ2) is 6.58. The topological polar surface area (TPSA) is 47.3 Å². The van der Waals surface area contributed by atoms with Gasteiger partial charge in [0.15, 0.2) is 0 Å². The van der Waals surface area contributed by atoms with Crippen molar-refractivity contribution < 1.29 is 9.15 Å². The first kappa shape index (κ1) is 12.2. The van der Waals surface area contributed by atoms with E-state index in [4.69, 9.17) is 9.15 Å². The van der Waals surface area contributed by atoms with Gasteiger partial charge >= 0.3 is 0 Å². The number of hydrogen-bond acceptors (Lipinski definition) is 4. The zero-order valence-corrected chi connectivity index (χ0v) is 9.75. The molecule has 1 atom stereocenters. The summed E-state index contributed by atoms with van der Waals surface area (Å²) in [5.74, 6) is 1.69. The molecular weight excluding hydrogens is 192 g/mol. The number of aryl methyl sites for hydroxylation is 1. The van der Waals surface area contributed by atoms with Crippen LogP contribution in [0.5, 0.6) is 0 Å². The summed E-state index contributed by atoms with van der Waals surface area (Å²) >= 11 is 0. The summed E-state index contributed by atoms with van der Waals surface area (Å²) in [5, 5.41) is 3.34. The summed E-state index contributed by atoms with van der Waals surface area (Å²) in [4.78, 5) is 4.18. The fourth-order valence-electron chi connectivity index (χ4n) is 1.35. The molecule has 1 rings (SSSR count). The van der Waals surface area contributed by atoms with Gasteiger partial charge in [-0.05, 0) is 6.42 Å². The summed E-state index contributed by atoms with van der Waals surface area (Å²) in [5.41, 5.74) is 0. The van der Waals surface area contributed by atoms with Gasteiger partial charge in [-0.25, -0.2) is 4.98 Å². The lowest BCUT2D eigenvalue weighted by atomic mass is 10.2. The Labute approximate surface area is 91.0 Å². The van der Waals surface area contributed by atoms with Gasteiger partial charge in [-0.3, -0.25) is 0 Å². The van der Waals surface area contributed by atoms with E-state index in [1.165, 1.54) is 0 Å². The molecule has 0 saturated carbocycles. The highest BCUT2D eigenvalue weighted by molar-refractivity contribution is 4.93. The first-order valence-electron chi connectivity index (χ1n) is 5.46. The molecule has 0 aliphatic rings. The van der Waals surface area contributed by atoms with Crippen LogP contribution in [0.1, 0.15) is 31.9 Å². The number of ether oxygens (including phenoxy) is 1. The van der Waals surface area contributed by atoms with Gasteiger partial charge in [0.1, 0.15) is 5.76 Å². The molecule has 1 unspecified atom stereocenters. The first-order chi connectivity index (χ1) is 7.30. The average Bonchev–Trinajstić information content (AvgIpc) is 2.72. The van der Waals surface area contributed by atoms with Gasteiger partial charge in [-0.15, -0.1) is 0 Å². The molecule has 15 heavy (non-hydrogen) atoms. The number of nitrogens with zero attached hydrogens (tertiary/aromatic N) is 1. The molecule has 4 heteroatoms. The number of oxazole rings is 1. The van der Waals surface area contributed by atoms with Crippen molar-refractivity contribution in [3.63, 3.8) is 0 Å². The van der Waals surface area contributed by atoms with Gasteiger partial charge in [-0.2, -0.15) is 0 Å². The summed E-state index contributed by atoms with van der Waals surface area (Å²) < 4.78 is 10.6. The molecule has 0 fully saturated rings. The Morgan fingerprint density at radius 1 is 1.53 bits per heavy atom. The maximum atomic E-state index is 5.49. The van der Waals surface area contributed by atoms with E-state index >= 15 is 0 Å². The van der Waals surface area contributed by atoms with Gasteiger partial charge in [0.05, 0.1) is 19.3 Å². The van der Waals surface area contributed by atoms with Crippen molar-refractivity contribution in [2.24, 2.45) is 0 Å². The van der Waals surface area contributed by atoms with Gasteiger partial charge < -0.3 is 14.5 Å². The molecule has 1 aromatic rings. The third-order valence-corrected chi connectivity index (χ3v) is 2.35. The van der Waals surface area contributed by atoms with Gasteiger partial charge in [0, 0.05) is 19.6 Å². The van der Waals surface area contributed by atoms with Crippen LogP contribution in [-0.4, -0.2) is 24.7 Å². The van der Waals surface area contributed by atoms with E-state index in [0.29, 0.717) is 12.6 Å². The third-order valence-electron chi connectivity index (χ3n) is 2.35. The van der Waals surface area contributed by atoms with Crippen LogP contribution in [0.25, 0.3) is 0 Å². The zero-order valence-electron chi connectivity index (χ0n) is 9.75. The smallest absolute Gasteiger partial charge is 0.208 e. The Kier molecular flexibility index (Phi) is 5.36. The molecule has 86 valence electrons. The summed E-state index contributed by atoms with van der Waals surface area (Å²) in [7, 11) is 1.71. The summed E-state index contributed by atoms with van der Waals surface area (Å²) in [6.07, 6.45) is 3.71. The molecule has 0 amide bonds. The zero-order chi connectivity index (χ0) is 11.1. The van der Waals surface area contributed by atoms with E-state index in [1.54, 1.807) is 13.3 Å². The lowest BCUT2D eigenvalue weighted by Crippen LogP contribution is -2.32. The first-order valence-corrected chi connectivity index (χ1v) is 5.46. The minimum Gasteiger partial charge on any atom is -0.444 e. The Bertz CT molecular complexity index is 273. The van der Waals surface area contributed by atoms with Crippen molar-refractivity contribution in [1.82, 2.24) is 10.3 Å². The molecule has 1 aromatic heterocycles. The fraction of sp³-hybridized carbons (Fsp3) is 0.727. The molecule has 1 heterocycles. The van der Waals surface area contributed by atoms with E-state index in [-0.39, 0.29) is 0 Å². The molecule has 0 aliphatic carbocycles. The Balaban J connectivity index is 2.34. The van der Waals surface area contributed by atoms with Crippen LogP contribution < -0.4 is 5.32 Å². The molecule has 0 spiro atoms. The lowest BCUT2D eigenvalue weighted by molar-refractivity contribution is 0.162. The van der Waals surface area contributed by atoms with E-state index in [1.807, 2.05) is 0 Å². The summed E-state index contributed by atoms with van der Waals surface area (Å²) in [6, 6.07) is 0.368. The van der Waals surface area contributed by atoms with Gasteiger partial charge in [0.2, 0.25) is 5.89 Å². The quantitative estimate of drug-likeness (QED) is 0.748. The molecule has 4 nitrogen and oxygen atoms in total. The Morgan fingerprint density at radius 3 is 2.87 bits per heavy atom. The van der Waals surface area contributed by atoms with E-state index in [9.17, 15) is 0 Å². The van der Waals surface area contributed by atoms with Crippen molar-refractivity contribution in [2.75, 3.05) is 13.7 Å². The van der Waals surface area contributed by atoms with Gasteiger partial charge in [-0.1, -0.05) is 13.8 Å². The molecule has 1 N–H and O–H groups in total. The van der Waals surface area contributed by atoms with Crippen LogP contribution in [0.3, 0.4) is 0 Å². The second-order valence-corrected chi connectivity index (χ2v) is 3.52. The molecule has 0 radical (unpaired) electrons. The second-order valence-electron chi connectivity index (χ2n) is 3.52. The Morgan fingerprint density at radius 2 is 2.33 bits per heavy atom. The van der Waals surface area contributed by atoms with Crippen LogP contribution in [-0.2, 0) is 17.7 Å². The summed E-state index contributed by atoms with van der Waals surface area (Å²) in [6.45, 7) is 5.57. The van der Waals surface area contributed by atoms with E-state index in [2.05, 4.69) is 24.1 Å². The predicted octanol–water partition coefficient (Wildman–Crippen LogP) is 1.75. The average molecular weight is 212 g/mol. The minimum atomic E-state index is 0.368. The van der Waals surface area contributed by atoms with Crippen molar-refractivity contribution >= 4 is 0 Å². The van der Waals surface area contributed by atoms with Crippen LogP contribution in [0.15, 0.2) is 10.6 Å². The van der Waals surface area contributed by atoms with Crippen LogP contribution in [0.4, 0.5) is 0 Å². The maximum Gasteiger partial charge on any atom is 0.208 e. The highest BCUT2D eigenvalue weighted by Crippen LogP contribution is 2.04. The maximum absolute atomic E-state index is 5.49. The Hall–Kier alpha value is -0.870. The highest BCUT2D eigenvalue weighted by Gasteiger charge is 2.07. The van der Waals surface area contributed by atoms with Crippen LogP contribution in [0.2, 0.25) is 0 Å². The van der Waals surface area contributed by atoms with Crippen molar-refractivity contribution in [3.05, 3.63) is 17.8 Å². The number of hydrogen-bond donors (Lipinski definition) is 1. The van der Waals surface area contributed by atoms with Crippen LogP contribution in [0, 0.1) is 0 Å². The normalized spacial score (nSPS) is 13.0. The molecule has 0 aliphatic heterocycles. The van der Waals surface area contributed by atoms with Gasteiger partial charge in [0.25, 0.3) is 0 Å². The monoisotopic (exact) mass is 212 g/mol. The number of methoxy groups -OCH3 is 1.